The Morgan fingerprint density at radius 1 is 1.10 bits per heavy atom. The van der Waals surface area contributed by atoms with Crippen molar-refractivity contribution in [2.75, 3.05) is 0 Å². The van der Waals surface area contributed by atoms with Crippen molar-refractivity contribution in [3.63, 3.8) is 0 Å². The molecule has 2 heterocycles. The van der Waals surface area contributed by atoms with Crippen LogP contribution >= 0.6 is 0 Å². The summed E-state index contributed by atoms with van der Waals surface area (Å²) in [6.45, 7) is 2.29. The van der Waals surface area contributed by atoms with Gasteiger partial charge in [0.25, 0.3) is 0 Å². The molecule has 0 atom stereocenters. The third-order valence-corrected chi connectivity index (χ3v) is 3.01. The lowest BCUT2D eigenvalue weighted by Gasteiger charge is -2.06. The molecule has 3 aromatic rings. The summed E-state index contributed by atoms with van der Waals surface area (Å²) >= 11 is 0. The number of hydrogen-bond donors (Lipinski definition) is 1. The zero-order valence-corrected chi connectivity index (χ0v) is 11.1. The predicted molar refractivity (Wildman–Crippen MR) is 74.8 cm³/mol. The van der Waals surface area contributed by atoms with Gasteiger partial charge in [-0.25, -0.2) is 9.67 Å². The topological polar surface area (TPSA) is 55.9 Å². The van der Waals surface area contributed by atoms with Crippen molar-refractivity contribution < 1.29 is 4.42 Å². The van der Waals surface area contributed by atoms with E-state index in [0.717, 1.165) is 25.4 Å². The van der Waals surface area contributed by atoms with E-state index in [4.69, 9.17) is 4.42 Å². The van der Waals surface area contributed by atoms with Crippen LogP contribution in [0.15, 0.2) is 59.7 Å². The lowest BCUT2D eigenvalue weighted by atomic mass is 10.1. The summed E-state index contributed by atoms with van der Waals surface area (Å²) in [5.41, 5.74) is 2.46. The van der Waals surface area contributed by atoms with Crippen LogP contribution in [0.2, 0.25) is 0 Å². The molecule has 0 saturated heterocycles. The SMILES string of the molecule is c1cc(CNCc2ccco2)cc(Cn2cncn2)c1. The second kappa shape index (κ2) is 6.16. The third-order valence-electron chi connectivity index (χ3n) is 3.01. The smallest absolute Gasteiger partial charge is 0.137 e. The van der Waals surface area contributed by atoms with Gasteiger partial charge in [-0.3, -0.25) is 0 Å². The molecule has 0 unspecified atom stereocenters. The van der Waals surface area contributed by atoms with Crippen molar-refractivity contribution in [2.45, 2.75) is 19.6 Å². The third kappa shape index (κ3) is 3.33. The van der Waals surface area contributed by atoms with Crippen molar-refractivity contribution >= 4 is 0 Å². The molecule has 5 heteroatoms. The Kier molecular flexibility index (Phi) is 3.89. The van der Waals surface area contributed by atoms with Gasteiger partial charge in [-0.1, -0.05) is 24.3 Å². The minimum Gasteiger partial charge on any atom is -0.468 e. The molecule has 0 aliphatic heterocycles. The number of aromatic nitrogens is 3. The van der Waals surface area contributed by atoms with Gasteiger partial charge < -0.3 is 9.73 Å². The van der Waals surface area contributed by atoms with Crippen LogP contribution in [0.4, 0.5) is 0 Å². The Hall–Kier alpha value is -2.40. The van der Waals surface area contributed by atoms with Crippen LogP contribution in [0.1, 0.15) is 16.9 Å². The highest BCUT2D eigenvalue weighted by molar-refractivity contribution is 5.23. The Morgan fingerprint density at radius 2 is 2.05 bits per heavy atom. The van der Waals surface area contributed by atoms with E-state index in [9.17, 15) is 0 Å². The molecule has 5 nitrogen and oxygen atoms in total. The summed E-state index contributed by atoms with van der Waals surface area (Å²) in [7, 11) is 0. The summed E-state index contributed by atoms with van der Waals surface area (Å²) in [5.74, 6) is 0.948. The second-order valence-electron chi connectivity index (χ2n) is 4.60. The lowest BCUT2D eigenvalue weighted by molar-refractivity contribution is 0.483. The summed E-state index contributed by atoms with van der Waals surface area (Å²) < 4.78 is 7.10. The highest BCUT2D eigenvalue weighted by Crippen LogP contribution is 2.07. The van der Waals surface area contributed by atoms with E-state index in [1.807, 2.05) is 16.8 Å². The maximum Gasteiger partial charge on any atom is 0.137 e. The first-order valence-corrected chi connectivity index (χ1v) is 6.53. The molecule has 0 aliphatic rings. The van der Waals surface area contributed by atoms with E-state index in [0.29, 0.717) is 0 Å². The summed E-state index contributed by atoms with van der Waals surface area (Å²) in [6.07, 6.45) is 4.96. The number of nitrogens with one attached hydrogen (secondary N) is 1. The number of benzene rings is 1. The molecule has 2 aromatic heterocycles. The van der Waals surface area contributed by atoms with E-state index in [1.54, 1.807) is 18.9 Å². The standard InChI is InChI=1S/C15H16N4O/c1-3-13(8-16-9-15-5-2-6-20-15)7-14(4-1)10-19-12-17-11-18-19/h1-7,11-12,16H,8-10H2. The Bertz CT molecular complexity index is 632. The van der Waals surface area contributed by atoms with Crippen LogP contribution in [0.5, 0.6) is 0 Å². The molecule has 0 saturated carbocycles. The minimum absolute atomic E-state index is 0.736. The zero-order valence-electron chi connectivity index (χ0n) is 11.1. The Balaban J connectivity index is 1.56. The zero-order chi connectivity index (χ0) is 13.6. The quantitative estimate of drug-likeness (QED) is 0.744. The van der Waals surface area contributed by atoms with Gasteiger partial charge in [-0.05, 0) is 23.3 Å². The van der Waals surface area contributed by atoms with Gasteiger partial charge in [0.2, 0.25) is 0 Å². The number of rotatable bonds is 6. The highest BCUT2D eigenvalue weighted by atomic mass is 16.3. The fourth-order valence-electron chi connectivity index (χ4n) is 2.08. The van der Waals surface area contributed by atoms with Crippen LogP contribution in [0.25, 0.3) is 0 Å². The first-order chi connectivity index (χ1) is 9.90. The molecular formula is C15H16N4O. The van der Waals surface area contributed by atoms with E-state index in [1.165, 1.54) is 11.1 Å². The van der Waals surface area contributed by atoms with Gasteiger partial charge in [0.05, 0.1) is 19.4 Å². The van der Waals surface area contributed by atoms with Gasteiger partial charge in [0, 0.05) is 6.54 Å². The Labute approximate surface area is 117 Å². The lowest BCUT2D eigenvalue weighted by Crippen LogP contribution is -2.12. The highest BCUT2D eigenvalue weighted by Gasteiger charge is 1.99. The van der Waals surface area contributed by atoms with Crippen LogP contribution in [-0.4, -0.2) is 14.8 Å². The van der Waals surface area contributed by atoms with Crippen molar-refractivity contribution in [2.24, 2.45) is 0 Å². The first kappa shape index (κ1) is 12.6. The van der Waals surface area contributed by atoms with Crippen molar-refractivity contribution in [1.82, 2.24) is 20.1 Å². The number of nitrogens with zero attached hydrogens (tertiary/aromatic N) is 3. The second-order valence-corrected chi connectivity index (χ2v) is 4.60. The van der Waals surface area contributed by atoms with Crippen molar-refractivity contribution in [3.8, 4) is 0 Å². The molecular weight excluding hydrogens is 252 g/mol. The molecule has 0 spiro atoms. The predicted octanol–water partition coefficient (Wildman–Crippen LogP) is 2.21. The largest absolute Gasteiger partial charge is 0.468 e. The molecule has 0 aliphatic carbocycles. The molecule has 0 bridgehead atoms. The normalized spacial score (nSPS) is 10.8. The van der Waals surface area contributed by atoms with Gasteiger partial charge in [-0.2, -0.15) is 5.10 Å². The average molecular weight is 268 g/mol. The summed E-state index contributed by atoms with van der Waals surface area (Å²) in [4.78, 5) is 3.95. The van der Waals surface area contributed by atoms with Gasteiger partial charge >= 0.3 is 0 Å². The maximum atomic E-state index is 5.28. The van der Waals surface area contributed by atoms with Gasteiger partial charge in [0.15, 0.2) is 0 Å². The van der Waals surface area contributed by atoms with Crippen LogP contribution in [0, 0.1) is 0 Å². The van der Waals surface area contributed by atoms with E-state index < -0.39 is 0 Å². The fourth-order valence-corrected chi connectivity index (χ4v) is 2.08. The van der Waals surface area contributed by atoms with Crippen molar-refractivity contribution in [3.05, 3.63) is 72.2 Å². The molecule has 20 heavy (non-hydrogen) atoms. The average Bonchev–Trinajstić information content (AvgIpc) is 3.13. The maximum absolute atomic E-state index is 5.28. The van der Waals surface area contributed by atoms with Crippen molar-refractivity contribution in [1.29, 1.82) is 0 Å². The molecule has 0 amide bonds. The minimum atomic E-state index is 0.736. The van der Waals surface area contributed by atoms with Gasteiger partial charge in [-0.15, -0.1) is 0 Å². The number of furan rings is 1. The van der Waals surface area contributed by atoms with Crippen LogP contribution in [0.3, 0.4) is 0 Å². The van der Waals surface area contributed by atoms with E-state index >= 15 is 0 Å². The summed E-state index contributed by atoms with van der Waals surface area (Å²) in [5, 5.41) is 7.48. The Morgan fingerprint density at radius 3 is 2.85 bits per heavy atom. The van der Waals surface area contributed by atoms with Gasteiger partial charge in [0.1, 0.15) is 18.4 Å². The molecule has 1 aromatic carbocycles. The molecule has 0 radical (unpaired) electrons. The fraction of sp³-hybridized carbons (Fsp3) is 0.200. The molecule has 1 N–H and O–H groups in total. The van der Waals surface area contributed by atoms with Crippen LogP contribution < -0.4 is 5.32 Å². The van der Waals surface area contributed by atoms with Crippen LogP contribution in [-0.2, 0) is 19.6 Å². The first-order valence-electron chi connectivity index (χ1n) is 6.53. The van der Waals surface area contributed by atoms with E-state index in [-0.39, 0.29) is 0 Å². The monoisotopic (exact) mass is 268 g/mol. The molecule has 102 valence electrons. The number of hydrogen-bond acceptors (Lipinski definition) is 4. The molecule has 3 rings (SSSR count). The summed E-state index contributed by atoms with van der Waals surface area (Å²) in [6, 6.07) is 12.3. The van der Waals surface area contributed by atoms with E-state index in [2.05, 4.69) is 39.7 Å². The molecule has 0 fully saturated rings.